The number of carbonyl (C=O) groups excluding carboxylic acids is 1. The summed E-state index contributed by atoms with van der Waals surface area (Å²) in [6, 6.07) is 5.58. The Hall–Kier alpha value is -3.00. The Morgan fingerprint density at radius 1 is 1.42 bits per heavy atom. The second kappa shape index (κ2) is 5.57. The minimum Gasteiger partial charge on any atom is -0.490 e. The van der Waals surface area contributed by atoms with E-state index in [9.17, 15) is 4.79 Å². The highest BCUT2D eigenvalue weighted by Crippen LogP contribution is 2.33. The van der Waals surface area contributed by atoms with Gasteiger partial charge in [-0.15, -0.1) is 5.10 Å². The highest BCUT2D eigenvalue weighted by molar-refractivity contribution is 6.05. The smallest absolute Gasteiger partial charge is 0.298 e. The molecule has 1 aliphatic rings. The van der Waals surface area contributed by atoms with Crippen molar-refractivity contribution in [3.8, 4) is 5.75 Å². The molecular formula is C16H16N6O2. The topological polar surface area (TPSA) is 98.6 Å². The van der Waals surface area contributed by atoms with E-state index >= 15 is 0 Å². The summed E-state index contributed by atoms with van der Waals surface area (Å²) in [5, 5.41) is 4.25. The van der Waals surface area contributed by atoms with Gasteiger partial charge in [0, 0.05) is 18.9 Å². The first-order chi connectivity index (χ1) is 11.7. The monoisotopic (exact) mass is 324 g/mol. The molecule has 0 radical (unpaired) electrons. The average molecular weight is 324 g/mol. The third-order valence-electron chi connectivity index (χ3n) is 3.88. The molecule has 0 spiro atoms. The molecule has 0 aliphatic carbocycles. The standard InChI is InChI=1S/C16H16N6O2/c1-10-8-18-16-19-14(20-22(16)9-10)15(23)21-4-5-24-13-6-11(7-17)2-3-12(13)21/h2-3,6,8-9H,4-5,7,17H2,1H3. The van der Waals surface area contributed by atoms with Crippen LogP contribution < -0.4 is 15.4 Å². The van der Waals surface area contributed by atoms with Gasteiger partial charge >= 0.3 is 0 Å². The van der Waals surface area contributed by atoms with Crippen molar-refractivity contribution in [2.45, 2.75) is 13.5 Å². The number of hydrogen-bond acceptors (Lipinski definition) is 6. The predicted octanol–water partition coefficient (Wildman–Crippen LogP) is 0.931. The van der Waals surface area contributed by atoms with E-state index in [-0.39, 0.29) is 11.7 Å². The van der Waals surface area contributed by atoms with Gasteiger partial charge in [-0.3, -0.25) is 9.69 Å². The molecule has 24 heavy (non-hydrogen) atoms. The van der Waals surface area contributed by atoms with Gasteiger partial charge in [0.15, 0.2) is 0 Å². The zero-order valence-electron chi connectivity index (χ0n) is 13.1. The maximum Gasteiger partial charge on any atom is 0.298 e. The molecular weight excluding hydrogens is 308 g/mol. The Kier molecular flexibility index (Phi) is 3.39. The van der Waals surface area contributed by atoms with Gasteiger partial charge < -0.3 is 10.5 Å². The van der Waals surface area contributed by atoms with Gasteiger partial charge in [0.2, 0.25) is 5.82 Å². The summed E-state index contributed by atoms with van der Waals surface area (Å²) in [7, 11) is 0. The molecule has 1 aliphatic heterocycles. The first kappa shape index (κ1) is 14.6. The normalized spacial score (nSPS) is 13.7. The highest BCUT2D eigenvalue weighted by Gasteiger charge is 2.27. The maximum absolute atomic E-state index is 12.9. The summed E-state index contributed by atoms with van der Waals surface area (Å²) < 4.78 is 7.16. The van der Waals surface area contributed by atoms with Crippen molar-refractivity contribution >= 4 is 17.4 Å². The van der Waals surface area contributed by atoms with E-state index in [1.807, 2.05) is 25.1 Å². The van der Waals surface area contributed by atoms with E-state index < -0.39 is 0 Å². The van der Waals surface area contributed by atoms with Crippen LogP contribution in [0.2, 0.25) is 0 Å². The fraction of sp³-hybridized carbons (Fsp3) is 0.250. The van der Waals surface area contributed by atoms with Crippen molar-refractivity contribution in [3.63, 3.8) is 0 Å². The molecule has 4 rings (SSSR count). The Labute approximate surface area is 137 Å². The van der Waals surface area contributed by atoms with Crippen molar-refractivity contribution in [1.82, 2.24) is 19.6 Å². The Bertz CT molecular complexity index is 935. The molecule has 2 N–H and O–H groups in total. The molecule has 3 aromatic rings. The summed E-state index contributed by atoms with van der Waals surface area (Å²) in [4.78, 5) is 22.9. The number of nitrogens with zero attached hydrogens (tertiary/aromatic N) is 5. The quantitative estimate of drug-likeness (QED) is 0.753. The van der Waals surface area contributed by atoms with Crippen LogP contribution in [0, 0.1) is 6.92 Å². The number of rotatable bonds is 2. The van der Waals surface area contributed by atoms with Crippen LogP contribution in [0.25, 0.3) is 5.78 Å². The number of amides is 1. The van der Waals surface area contributed by atoms with Crippen molar-refractivity contribution in [1.29, 1.82) is 0 Å². The lowest BCUT2D eigenvalue weighted by Crippen LogP contribution is -2.38. The summed E-state index contributed by atoms with van der Waals surface area (Å²) in [6.45, 7) is 3.18. The number of benzene rings is 1. The number of nitrogens with two attached hydrogens (primary N) is 1. The molecule has 0 atom stereocenters. The largest absolute Gasteiger partial charge is 0.490 e. The molecule has 0 unspecified atom stereocenters. The molecule has 8 heteroatoms. The number of fused-ring (bicyclic) bond motifs is 2. The zero-order valence-corrected chi connectivity index (χ0v) is 13.1. The van der Waals surface area contributed by atoms with Crippen LogP contribution in [-0.4, -0.2) is 38.6 Å². The molecule has 0 fully saturated rings. The van der Waals surface area contributed by atoms with Crippen molar-refractivity contribution in [3.05, 3.63) is 47.5 Å². The molecule has 2 aromatic heterocycles. The Morgan fingerprint density at radius 2 is 2.29 bits per heavy atom. The summed E-state index contributed by atoms with van der Waals surface area (Å²) in [5.74, 6) is 0.887. The lowest BCUT2D eigenvalue weighted by molar-refractivity contribution is 0.0967. The van der Waals surface area contributed by atoms with Gasteiger partial charge in [0.25, 0.3) is 11.7 Å². The molecule has 1 amide bonds. The highest BCUT2D eigenvalue weighted by atomic mass is 16.5. The zero-order chi connectivity index (χ0) is 16.7. The molecule has 0 saturated heterocycles. The molecule has 0 bridgehead atoms. The van der Waals surface area contributed by atoms with Gasteiger partial charge in [0.05, 0.1) is 12.2 Å². The summed E-state index contributed by atoms with van der Waals surface area (Å²) in [5.41, 5.74) is 8.25. The number of carbonyl (C=O) groups is 1. The predicted molar refractivity (Wildman–Crippen MR) is 87.0 cm³/mol. The van der Waals surface area contributed by atoms with E-state index in [1.165, 1.54) is 4.52 Å². The molecule has 122 valence electrons. The number of hydrogen-bond donors (Lipinski definition) is 1. The van der Waals surface area contributed by atoms with Crippen molar-refractivity contribution in [2.24, 2.45) is 5.73 Å². The van der Waals surface area contributed by atoms with Gasteiger partial charge in [-0.2, -0.15) is 4.98 Å². The third-order valence-corrected chi connectivity index (χ3v) is 3.88. The minimum atomic E-state index is -0.275. The Balaban J connectivity index is 1.72. The first-order valence-electron chi connectivity index (χ1n) is 7.62. The van der Waals surface area contributed by atoms with E-state index in [0.717, 1.165) is 11.1 Å². The molecule has 8 nitrogen and oxygen atoms in total. The van der Waals surface area contributed by atoms with Crippen molar-refractivity contribution < 1.29 is 9.53 Å². The average Bonchev–Trinajstić information content (AvgIpc) is 3.03. The van der Waals surface area contributed by atoms with Crippen LogP contribution in [0.15, 0.2) is 30.6 Å². The van der Waals surface area contributed by atoms with Gasteiger partial charge in [-0.25, -0.2) is 9.50 Å². The van der Waals surface area contributed by atoms with Gasteiger partial charge in [-0.05, 0) is 30.2 Å². The number of ether oxygens (including phenoxy) is 1. The van der Waals surface area contributed by atoms with E-state index in [0.29, 0.717) is 36.9 Å². The SMILES string of the molecule is Cc1cnc2nc(C(=O)N3CCOc4cc(CN)ccc43)nn2c1. The van der Waals surface area contributed by atoms with E-state index in [4.69, 9.17) is 10.5 Å². The van der Waals surface area contributed by atoms with E-state index in [2.05, 4.69) is 15.1 Å². The number of aryl methyl sites for hydroxylation is 1. The third kappa shape index (κ3) is 2.37. The van der Waals surface area contributed by atoms with Crippen LogP contribution in [0.3, 0.4) is 0 Å². The summed E-state index contributed by atoms with van der Waals surface area (Å²) in [6.07, 6.45) is 3.48. The minimum absolute atomic E-state index is 0.115. The van der Waals surface area contributed by atoms with Crippen LogP contribution >= 0.6 is 0 Å². The lowest BCUT2D eigenvalue weighted by atomic mass is 10.1. The number of aromatic nitrogens is 4. The van der Waals surface area contributed by atoms with E-state index in [1.54, 1.807) is 17.3 Å². The van der Waals surface area contributed by atoms with Gasteiger partial charge in [-0.1, -0.05) is 6.07 Å². The molecule has 3 heterocycles. The Morgan fingerprint density at radius 3 is 3.12 bits per heavy atom. The fourth-order valence-corrected chi connectivity index (χ4v) is 2.69. The first-order valence-corrected chi connectivity index (χ1v) is 7.62. The van der Waals surface area contributed by atoms with Crippen LogP contribution in [0.4, 0.5) is 5.69 Å². The maximum atomic E-state index is 12.9. The fourth-order valence-electron chi connectivity index (χ4n) is 2.69. The number of anilines is 1. The van der Waals surface area contributed by atoms with Crippen LogP contribution in [0.5, 0.6) is 5.75 Å². The van der Waals surface area contributed by atoms with Crippen molar-refractivity contribution in [2.75, 3.05) is 18.1 Å². The second-order valence-corrected chi connectivity index (χ2v) is 5.62. The molecule has 1 aromatic carbocycles. The van der Waals surface area contributed by atoms with Gasteiger partial charge in [0.1, 0.15) is 12.4 Å². The van der Waals surface area contributed by atoms with Crippen LogP contribution in [0.1, 0.15) is 21.7 Å². The molecule has 0 saturated carbocycles. The lowest BCUT2D eigenvalue weighted by Gasteiger charge is -2.29. The summed E-state index contributed by atoms with van der Waals surface area (Å²) >= 11 is 0. The second-order valence-electron chi connectivity index (χ2n) is 5.62. The van der Waals surface area contributed by atoms with Crippen LogP contribution in [-0.2, 0) is 6.54 Å².